The van der Waals surface area contributed by atoms with Gasteiger partial charge >= 0.3 is 0 Å². The molecule has 0 saturated carbocycles. The third-order valence-corrected chi connectivity index (χ3v) is 1.92. The van der Waals surface area contributed by atoms with Crippen LogP contribution in [-0.2, 0) is 4.74 Å². The summed E-state index contributed by atoms with van der Waals surface area (Å²) in [6.07, 6.45) is 2.22. The summed E-state index contributed by atoms with van der Waals surface area (Å²) in [5, 5.41) is 0.288. The Morgan fingerprint density at radius 3 is 2.88 bits per heavy atom. The molecule has 1 atom stereocenters. The van der Waals surface area contributed by atoms with Gasteiger partial charge in [-0.05, 0) is 18.8 Å². The highest BCUT2D eigenvalue weighted by atomic mass is 79.9. The Bertz CT molecular complexity index is 66.9. The Morgan fingerprint density at radius 2 is 2.50 bits per heavy atom. The molecular weight excluding hydrogens is 168 g/mol. The van der Waals surface area contributed by atoms with E-state index in [0.29, 0.717) is 0 Å². The molecule has 1 radical (unpaired) electrons. The molecule has 1 nitrogen and oxygen atoms in total. The molecule has 1 aliphatic rings. The van der Waals surface area contributed by atoms with Gasteiger partial charge in [-0.15, -0.1) is 0 Å². The molecule has 1 fully saturated rings. The Balaban J connectivity index is 2.23. The zero-order chi connectivity index (χ0) is 5.98. The van der Waals surface area contributed by atoms with Crippen molar-refractivity contribution in [1.29, 1.82) is 0 Å². The number of halogens is 1. The summed E-state index contributed by atoms with van der Waals surface area (Å²) in [5.74, 6) is 1.54. The molecule has 0 aliphatic carbocycles. The second-order valence-corrected chi connectivity index (χ2v) is 3.21. The van der Waals surface area contributed by atoms with E-state index >= 15 is 0 Å². The Hall–Kier alpha value is 0.440. The second-order valence-electron chi connectivity index (χ2n) is 2.19. The molecule has 0 aromatic carbocycles. The average molecular weight is 178 g/mol. The van der Waals surface area contributed by atoms with Crippen LogP contribution < -0.4 is 0 Å². The first-order valence-electron chi connectivity index (χ1n) is 2.86. The Labute approximate surface area is 58.5 Å². The highest BCUT2D eigenvalue weighted by Gasteiger charge is 2.15. The van der Waals surface area contributed by atoms with Gasteiger partial charge in [0.05, 0.1) is 0 Å². The van der Waals surface area contributed by atoms with Crippen molar-refractivity contribution < 1.29 is 4.74 Å². The SMILES string of the molecule is C[C]1CCOC(Br)C1. The van der Waals surface area contributed by atoms with E-state index in [1.54, 1.807) is 0 Å². The summed E-state index contributed by atoms with van der Waals surface area (Å²) in [6, 6.07) is 0. The molecule has 0 aromatic heterocycles. The predicted octanol–water partition coefficient (Wildman–Crippen LogP) is 2.11. The molecule has 47 valence electrons. The molecule has 0 aromatic rings. The lowest BCUT2D eigenvalue weighted by molar-refractivity contribution is 0.0877. The number of hydrogen-bond donors (Lipinski definition) is 0. The summed E-state index contributed by atoms with van der Waals surface area (Å²) < 4.78 is 5.24. The number of rotatable bonds is 0. The number of alkyl halides is 1. The minimum Gasteiger partial charge on any atom is -0.367 e. The lowest BCUT2D eigenvalue weighted by Gasteiger charge is -2.21. The molecule has 0 N–H and O–H groups in total. The Kier molecular flexibility index (Phi) is 2.32. The van der Waals surface area contributed by atoms with Crippen LogP contribution in [0.5, 0.6) is 0 Å². The molecule has 0 amide bonds. The van der Waals surface area contributed by atoms with Crippen molar-refractivity contribution in [3.8, 4) is 0 Å². The van der Waals surface area contributed by atoms with Crippen LogP contribution in [0.4, 0.5) is 0 Å². The second kappa shape index (κ2) is 2.83. The first-order chi connectivity index (χ1) is 3.79. The minimum absolute atomic E-state index is 0.288. The minimum atomic E-state index is 0.288. The van der Waals surface area contributed by atoms with Crippen molar-refractivity contribution in [3.05, 3.63) is 5.92 Å². The van der Waals surface area contributed by atoms with Crippen molar-refractivity contribution in [2.75, 3.05) is 6.61 Å². The molecular formula is C6H10BrO. The van der Waals surface area contributed by atoms with E-state index in [9.17, 15) is 0 Å². The fraction of sp³-hybridized carbons (Fsp3) is 0.833. The number of hydrogen-bond acceptors (Lipinski definition) is 1. The fourth-order valence-corrected chi connectivity index (χ4v) is 1.54. The van der Waals surface area contributed by atoms with E-state index in [1.807, 2.05) is 0 Å². The quantitative estimate of drug-likeness (QED) is 0.516. The van der Waals surface area contributed by atoms with Crippen LogP contribution in [0, 0.1) is 5.92 Å². The van der Waals surface area contributed by atoms with Crippen LogP contribution in [0.25, 0.3) is 0 Å². The van der Waals surface area contributed by atoms with Gasteiger partial charge in [-0.25, -0.2) is 0 Å². The maximum absolute atomic E-state index is 5.24. The van der Waals surface area contributed by atoms with Gasteiger partial charge in [0.15, 0.2) is 0 Å². The van der Waals surface area contributed by atoms with Crippen molar-refractivity contribution in [2.45, 2.75) is 24.8 Å². The largest absolute Gasteiger partial charge is 0.367 e. The van der Waals surface area contributed by atoms with Crippen molar-refractivity contribution in [1.82, 2.24) is 0 Å². The van der Waals surface area contributed by atoms with Gasteiger partial charge in [-0.1, -0.05) is 22.9 Å². The van der Waals surface area contributed by atoms with Crippen LogP contribution in [0.1, 0.15) is 19.8 Å². The van der Waals surface area contributed by atoms with Gasteiger partial charge in [0.25, 0.3) is 0 Å². The van der Waals surface area contributed by atoms with Gasteiger partial charge in [0, 0.05) is 6.61 Å². The van der Waals surface area contributed by atoms with Crippen LogP contribution in [0.2, 0.25) is 0 Å². The lowest BCUT2D eigenvalue weighted by atomic mass is 10.0. The van der Waals surface area contributed by atoms with E-state index in [-0.39, 0.29) is 5.01 Å². The molecule has 1 aliphatic heterocycles. The zero-order valence-corrected chi connectivity index (χ0v) is 6.57. The van der Waals surface area contributed by atoms with Crippen LogP contribution in [0.3, 0.4) is 0 Å². The molecule has 1 saturated heterocycles. The van der Waals surface area contributed by atoms with E-state index in [0.717, 1.165) is 19.4 Å². The summed E-state index contributed by atoms with van der Waals surface area (Å²) in [7, 11) is 0. The summed E-state index contributed by atoms with van der Waals surface area (Å²) in [4.78, 5) is 0. The first kappa shape index (κ1) is 6.56. The molecule has 1 heterocycles. The summed E-state index contributed by atoms with van der Waals surface area (Å²) in [5.41, 5.74) is 0. The zero-order valence-electron chi connectivity index (χ0n) is 4.98. The van der Waals surface area contributed by atoms with E-state index < -0.39 is 0 Å². The van der Waals surface area contributed by atoms with Crippen molar-refractivity contribution in [2.24, 2.45) is 0 Å². The molecule has 1 rings (SSSR count). The van der Waals surface area contributed by atoms with Crippen molar-refractivity contribution in [3.63, 3.8) is 0 Å². The van der Waals surface area contributed by atoms with Gasteiger partial charge < -0.3 is 4.74 Å². The summed E-state index contributed by atoms with van der Waals surface area (Å²) in [6.45, 7) is 3.07. The maximum Gasteiger partial charge on any atom is 0.113 e. The normalized spacial score (nSPS) is 33.0. The van der Waals surface area contributed by atoms with Gasteiger partial charge in [0.1, 0.15) is 5.01 Å². The number of ether oxygens (including phenoxy) is 1. The molecule has 0 bridgehead atoms. The predicted molar refractivity (Wildman–Crippen MR) is 36.8 cm³/mol. The van der Waals surface area contributed by atoms with E-state index in [1.165, 1.54) is 5.92 Å². The maximum atomic E-state index is 5.24. The van der Waals surface area contributed by atoms with Crippen LogP contribution >= 0.6 is 15.9 Å². The van der Waals surface area contributed by atoms with Gasteiger partial charge in [-0.2, -0.15) is 0 Å². The smallest absolute Gasteiger partial charge is 0.113 e. The summed E-state index contributed by atoms with van der Waals surface area (Å²) >= 11 is 3.39. The lowest BCUT2D eigenvalue weighted by Crippen LogP contribution is -2.17. The highest BCUT2D eigenvalue weighted by molar-refractivity contribution is 9.09. The van der Waals surface area contributed by atoms with E-state index in [2.05, 4.69) is 22.9 Å². The van der Waals surface area contributed by atoms with Crippen molar-refractivity contribution >= 4 is 15.9 Å². The average Bonchev–Trinajstić information content (AvgIpc) is 1.64. The topological polar surface area (TPSA) is 9.23 Å². The highest BCUT2D eigenvalue weighted by Crippen LogP contribution is 2.24. The standard InChI is InChI=1S/C6H10BrO/c1-5-2-3-8-6(7)4-5/h6H,2-4H2,1H3. The Morgan fingerprint density at radius 1 is 1.75 bits per heavy atom. The fourth-order valence-electron chi connectivity index (χ4n) is 0.796. The van der Waals surface area contributed by atoms with Crippen LogP contribution in [-0.4, -0.2) is 11.6 Å². The molecule has 2 heteroatoms. The van der Waals surface area contributed by atoms with Gasteiger partial charge in [0.2, 0.25) is 0 Å². The van der Waals surface area contributed by atoms with Gasteiger partial charge in [-0.3, -0.25) is 0 Å². The molecule has 8 heavy (non-hydrogen) atoms. The third-order valence-electron chi connectivity index (χ3n) is 1.34. The first-order valence-corrected chi connectivity index (χ1v) is 3.77. The van der Waals surface area contributed by atoms with Crippen LogP contribution in [0.15, 0.2) is 0 Å². The molecule has 0 spiro atoms. The third kappa shape index (κ3) is 1.75. The molecule has 1 unspecified atom stereocenters. The monoisotopic (exact) mass is 177 g/mol. The van der Waals surface area contributed by atoms with E-state index in [4.69, 9.17) is 4.74 Å².